The van der Waals surface area contributed by atoms with Gasteiger partial charge in [-0.3, -0.25) is 4.79 Å². The molecule has 2 aliphatic heterocycles. The zero-order valence-corrected chi connectivity index (χ0v) is 15.3. The van der Waals surface area contributed by atoms with Crippen molar-refractivity contribution >= 4 is 23.0 Å². The van der Waals surface area contributed by atoms with Crippen molar-refractivity contribution < 1.29 is 9.21 Å². The number of fused-ring (bicyclic) bond motifs is 1. The SMILES string of the molecule is O=C(NCCN1CCCCC1)C1CCCCN1c1nc2ccccc2o1. The average molecular weight is 356 g/mol. The van der Waals surface area contributed by atoms with Crippen molar-refractivity contribution in [3.05, 3.63) is 24.3 Å². The third-order valence-corrected chi connectivity index (χ3v) is 5.51. The summed E-state index contributed by atoms with van der Waals surface area (Å²) >= 11 is 0. The van der Waals surface area contributed by atoms with Gasteiger partial charge < -0.3 is 19.5 Å². The van der Waals surface area contributed by atoms with E-state index in [-0.39, 0.29) is 11.9 Å². The molecule has 6 nitrogen and oxygen atoms in total. The molecule has 1 unspecified atom stereocenters. The van der Waals surface area contributed by atoms with Crippen LogP contribution in [0, 0.1) is 0 Å². The molecule has 26 heavy (non-hydrogen) atoms. The Bertz CT molecular complexity index is 705. The molecule has 0 bridgehead atoms. The van der Waals surface area contributed by atoms with Gasteiger partial charge in [0.25, 0.3) is 6.01 Å². The summed E-state index contributed by atoms with van der Waals surface area (Å²) in [5, 5.41) is 3.14. The first kappa shape index (κ1) is 17.3. The highest BCUT2D eigenvalue weighted by Gasteiger charge is 2.31. The van der Waals surface area contributed by atoms with Crippen LogP contribution in [0.25, 0.3) is 11.1 Å². The van der Waals surface area contributed by atoms with Crippen LogP contribution in [-0.4, -0.2) is 54.6 Å². The summed E-state index contributed by atoms with van der Waals surface area (Å²) in [6, 6.07) is 8.15. The number of hydrogen-bond acceptors (Lipinski definition) is 5. The maximum Gasteiger partial charge on any atom is 0.299 e. The second-order valence-electron chi connectivity index (χ2n) is 7.36. The number of likely N-dealkylation sites (tertiary alicyclic amines) is 1. The Morgan fingerprint density at radius 3 is 2.77 bits per heavy atom. The number of nitrogens with zero attached hydrogens (tertiary/aromatic N) is 3. The number of para-hydroxylation sites is 2. The van der Waals surface area contributed by atoms with Gasteiger partial charge in [-0.2, -0.15) is 4.98 Å². The van der Waals surface area contributed by atoms with Crippen molar-refractivity contribution in [2.45, 2.75) is 44.6 Å². The average Bonchev–Trinajstić information content (AvgIpc) is 3.13. The molecule has 0 saturated carbocycles. The smallest absolute Gasteiger partial charge is 0.299 e. The van der Waals surface area contributed by atoms with Gasteiger partial charge >= 0.3 is 0 Å². The monoisotopic (exact) mass is 356 g/mol. The molecule has 2 saturated heterocycles. The second-order valence-corrected chi connectivity index (χ2v) is 7.36. The summed E-state index contributed by atoms with van der Waals surface area (Å²) in [7, 11) is 0. The van der Waals surface area contributed by atoms with Crippen molar-refractivity contribution in [3.8, 4) is 0 Å². The molecule has 1 atom stereocenters. The number of hydrogen-bond donors (Lipinski definition) is 1. The zero-order chi connectivity index (χ0) is 17.8. The lowest BCUT2D eigenvalue weighted by Gasteiger charge is -2.33. The van der Waals surface area contributed by atoms with Crippen LogP contribution in [0.1, 0.15) is 38.5 Å². The van der Waals surface area contributed by atoms with E-state index in [9.17, 15) is 4.79 Å². The van der Waals surface area contributed by atoms with Gasteiger partial charge in [0.05, 0.1) is 0 Å². The van der Waals surface area contributed by atoms with E-state index in [1.807, 2.05) is 29.2 Å². The molecule has 1 N–H and O–H groups in total. The molecule has 6 heteroatoms. The summed E-state index contributed by atoms with van der Waals surface area (Å²) in [6.07, 6.45) is 6.89. The van der Waals surface area contributed by atoms with Crippen LogP contribution in [0.4, 0.5) is 6.01 Å². The lowest BCUT2D eigenvalue weighted by atomic mass is 10.0. The summed E-state index contributed by atoms with van der Waals surface area (Å²) in [5.41, 5.74) is 1.62. The largest absolute Gasteiger partial charge is 0.423 e. The highest BCUT2D eigenvalue weighted by molar-refractivity contribution is 5.85. The predicted octanol–water partition coefficient (Wildman–Crippen LogP) is 2.79. The van der Waals surface area contributed by atoms with Crippen LogP contribution in [0.2, 0.25) is 0 Å². The van der Waals surface area contributed by atoms with Crippen molar-refractivity contribution in [2.75, 3.05) is 37.6 Å². The van der Waals surface area contributed by atoms with Gasteiger partial charge in [0.1, 0.15) is 11.6 Å². The van der Waals surface area contributed by atoms with Crippen LogP contribution in [0.15, 0.2) is 28.7 Å². The third-order valence-electron chi connectivity index (χ3n) is 5.51. The number of piperidine rings is 2. The highest BCUT2D eigenvalue weighted by atomic mass is 16.4. The van der Waals surface area contributed by atoms with E-state index >= 15 is 0 Å². The minimum atomic E-state index is -0.182. The fourth-order valence-electron chi connectivity index (χ4n) is 4.05. The van der Waals surface area contributed by atoms with E-state index < -0.39 is 0 Å². The van der Waals surface area contributed by atoms with Gasteiger partial charge in [0, 0.05) is 19.6 Å². The summed E-state index contributed by atoms with van der Waals surface area (Å²) in [6.45, 7) is 4.80. The number of carbonyl (C=O) groups is 1. The van der Waals surface area contributed by atoms with E-state index in [1.165, 1.54) is 19.3 Å². The lowest BCUT2D eigenvalue weighted by Crippen LogP contribution is -2.51. The van der Waals surface area contributed by atoms with Gasteiger partial charge in [-0.05, 0) is 57.3 Å². The summed E-state index contributed by atoms with van der Waals surface area (Å²) < 4.78 is 5.91. The standard InChI is InChI=1S/C20H28N4O2/c25-19(21-11-15-23-12-5-1-6-13-23)17-9-4-7-14-24(17)20-22-16-8-2-3-10-18(16)26-20/h2-3,8,10,17H,1,4-7,9,11-15H2,(H,21,25). The number of anilines is 1. The number of rotatable bonds is 5. The normalized spacial score (nSPS) is 21.8. The van der Waals surface area contributed by atoms with Crippen molar-refractivity contribution in [2.24, 2.45) is 0 Å². The Morgan fingerprint density at radius 2 is 1.92 bits per heavy atom. The lowest BCUT2D eigenvalue weighted by molar-refractivity contribution is -0.123. The van der Waals surface area contributed by atoms with Crippen molar-refractivity contribution in [1.29, 1.82) is 0 Å². The molecule has 0 spiro atoms. The van der Waals surface area contributed by atoms with E-state index in [1.54, 1.807) is 0 Å². The molecule has 4 rings (SSSR count). The minimum Gasteiger partial charge on any atom is -0.423 e. The summed E-state index contributed by atoms with van der Waals surface area (Å²) in [4.78, 5) is 21.9. The quantitative estimate of drug-likeness (QED) is 0.893. The van der Waals surface area contributed by atoms with Crippen molar-refractivity contribution in [3.63, 3.8) is 0 Å². The fraction of sp³-hybridized carbons (Fsp3) is 0.600. The number of carbonyl (C=O) groups excluding carboxylic acids is 1. The van der Waals surface area contributed by atoms with Crippen molar-refractivity contribution in [1.82, 2.24) is 15.2 Å². The van der Waals surface area contributed by atoms with Gasteiger partial charge in [-0.15, -0.1) is 0 Å². The Morgan fingerprint density at radius 1 is 1.12 bits per heavy atom. The Kier molecular flexibility index (Phi) is 5.39. The molecule has 1 aromatic carbocycles. The van der Waals surface area contributed by atoms with Crippen LogP contribution >= 0.6 is 0 Å². The van der Waals surface area contributed by atoms with Gasteiger partial charge in [-0.25, -0.2) is 0 Å². The van der Waals surface area contributed by atoms with Crippen LogP contribution in [-0.2, 0) is 4.79 Å². The topological polar surface area (TPSA) is 61.6 Å². The molecule has 1 amide bonds. The second kappa shape index (κ2) is 8.08. The molecule has 2 fully saturated rings. The molecular weight excluding hydrogens is 328 g/mol. The first-order chi connectivity index (χ1) is 12.8. The number of aromatic nitrogens is 1. The minimum absolute atomic E-state index is 0.101. The molecule has 1 aromatic heterocycles. The van der Waals surface area contributed by atoms with Gasteiger partial charge in [0.15, 0.2) is 5.58 Å². The molecule has 2 aromatic rings. The number of oxazole rings is 1. The van der Waals surface area contributed by atoms with Crippen LogP contribution < -0.4 is 10.2 Å². The first-order valence-corrected chi connectivity index (χ1v) is 9.93. The Hall–Kier alpha value is -2.08. The first-order valence-electron chi connectivity index (χ1n) is 9.93. The van der Waals surface area contributed by atoms with Gasteiger partial charge in [-0.1, -0.05) is 18.6 Å². The maximum atomic E-state index is 12.8. The molecule has 2 aliphatic rings. The molecule has 3 heterocycles. The maximum absolute atomic E-state index is 12.8. The predicted molar refractivity (Wildman–Crippen MR) is 102 cm³/mol. The molecule has 140 valence electrons. The van der Waals surface area contributed by atoms with E-state index in [4.69, 9.17) is 4.42 Å². The van der Waals surface area contributed by atoms with Crippen LogP contribution in [0.3, 0.4) is 0 Å². The number of benzene rings is 1. The number of amides is 1. The van der Waals surface area contributed by atoms with E-state index in [0.29, 0.717) is 6.01 Å². The molecule has 0 aliphatic carbocycles. The van der Waals surface area contributed by atoms with Crippen LogP contribution in [0.5, 0.6) is 0 Å². The zero-order valence-electron chi connectivity index (χ0n) is 15.3. The fourth-order valence-corrected chi connectivity index (χ4v) is 4.05. The Labute approximate surface area is 154 Å². The molecular formula is C20H28N4O2. The Balaban J connectivity index is 1.39. The van der Waals surface area contributed by atoms with Gasteiger partial charge in [0.2, 0.25) is 5.91 Å². The van der Waals surface area contributed by atoms with E-state index in [0.717, 1.165) is 63.1 Å². The molecule has 0 radical (unpaired) electrons. The highest BCUT2D eigenvalue weighted by Crippen LogP contribution is 2.27. The number of nitrogens with one attached hydrogen (secondary N) is 1. The third kappa shape index (κ3) is 3.85. The van der Waals surface area contributed by atoms with E-state index in [2.05, 4.69) is 15.2 Å². The summed E-state index contributed by atoms with van der Waals surface area (Å²) in [5.74, 6) is 0.101.